The summed E-state index contributed by atoms with van der Waals surface area (Å²) in [5.74, 6) is -0.0762. The number of carbonyl (C=O) groups is 1. The molecule has 3 rings (SSSR count). The highest BCUT2D eigenvalue weighted by Crippen LogP contribution is 2.35. The lowest BCUT2D eigenvalue weighted by molar-refractivity contribution is -0.133. The van der Waals surface area contributed by atoms with Crippen LogP contribution in [0, 0.1) is 11.3 Å². The maximum Gasteiger partial charge on any atom is 0.257 e. The normalized spacial score (nSPS) is 17.3. The summed E-state index contributed by atoms with van der Waals surface area (Å²) in [4.78, 5) is 16.6. The van der Waals surface area contributed by atoms with Crippen LogP contribution in [0.15, 0.2) is 40.1 Å². The van der Waals surface area contributed by atoms with Gasteiger partial charge in [-0.05, 0) is 29.9 Å². The molecular weight excluding hydrogens is 328 g/mol. The third kappa shape index (κ3) is 3.50. The zero-order valence-corrected chi connectivity index (χ0v) is 14.3. The summed E-state index contributed by atoms with van der Waals surface area (Å²) in [6.45, 7) is 0.418. The Bertz CT molecular complexity index is 731. The predicted octanol–water partition coefficient (Wildman–Crippen LogP) is 2.94. The summed E-state index contributed by atoms with van der Waals surface area (Å²) in [7, 11) is 1.77. The third-order valence-corrected chi connectivity index (χ3v) is 5.48. The number of nitriles is 1. The van der Waals surface area contributed by atoms with Gasteiger partial charge in [-0.25, -0.2) is 5.01 Å². The Kier molecular flexibility index (Phi) is 4.86. The van der Waals surface area contributed by atoms with E-state index in [1.165, 1.54) is 0 Å². The lowest BCUT2D eigenvalue weighted by atomic mass is 10.1. The first-order valence-electron chi connectivity index (χ1n) is 7.21. The number of carbonyl (C=O) groups excluding carboxylic acids is 1. The van der Waals surface area contributed by atoms with Crippen molar-refractivity contribution in [2.24, 2.45) is 5.10 Å². The van der Waals surface area contributed by atoms with Crippen molar-refractivity contribution in [2.45, 2.75) is 12.5 Å². The molecule has 1 atom stereocenters. The van der Waals surface area contributed by atoms with Gasteiger partial charge >= 0.3 is 0 Å². The highest BCUT2D eigenvalue weighted by atomic mass is 32.1. The van der Waals surface area contributed by atoms with Gasteiger partial charge in [-0.3, -0.25) is 9.69 Å². The summed E-state index contributed by atoms with van der Waals surface area (Å²) in [6.07, 6.45) is 0.731. The van der Waals surface area contributed by atoms with Crippen molar-refractivity contribution in [3.05, 3.63) is 44.8 Å². The molecule has 1 aliphatic rings. The van der Waals surface area contributed by atoms with Crippen LogP contribution in [0.2, 0.25) is 0 Å². The molecule has 0 spiro atoms. The summed E-state index contributed by atoms with van der Waals surface area (Å²) < 4.78 is 0. The van der Waals surface area contributed by atoms with E-state index >= 15 is 0 Å². The Morgan fingerprint density at radius 1 is 1.43 bits per heavy atom. The molecule has 0 saturated carbocycles. The molecule has 1 aliphatic heterocycles. The van der Waals surface area contributed by atoms with Crippen LogP contribution in [-0.2, 0) is 4.79 Å². The minimum Gasteiger partial charge on any atom is -0.285 e. The van der Waals surface area contributed by atoms with E-state index in [4.69, 9.17) is 5.26 Å². The summed E-state index contributed by atoms with van der Waals surface area (Å²) in [5, 5.41) is 19.0. The topological polar surface area (TPSA) is 59.7 Å². The molecule has 7 heteroatoms. The zero-order valence-electron chi connectivity index (χ0n) is 12.7. The molecule has 3 heterocycles. The van der Waals surface area contributed by atoms with Gasteiger partial charge in [0, 0.05) is 11.3 Å². The fraction of sp³-hybridized carbons (Fsp3) is 0.312. The second kappa shape index (κ2) is 7.04. The van der Waals surface area contributed by atoms with E-state index in [0.29, 0.717) is 0 Å². The Hall–Kier alpha value is -2.01. The largest absolute Gasteiger partial charge is 0.285 e. The van der Waals surface area contributed by atoms with Crippen LogP contribution < -0.4 is 0 Å². The van der Waals surface area contributed by atoms with Crippen molar-refractivity contribution < 1.29 is 4.79 Å². The van der Waals surface area contributed by atoms with Crippen LogP contribution in [0.3, 0.4) is 0 Å². The Labute approximate surface area is 143 Å². The lowest BCUT2D eigenvalue weighted by Gasteiger charge is -2.22. The molecule has 0 saturated heterocycles. The van der Waals surface area contributed by atoms with Crippen LogP contribution in [0.4, 0.5) is 0 Å². The second-order valence-corrected chi connectivity index (χ2v) is 7.26. The number of hydrogen-bond donors (Lipinski definition) is 0. The highest BCUT2D eigenvalue weighted by Gasteiger charge is 2.34. The van der Waals surface area contributed by atoms with Crippen molar-refractivity contribution in [2.75, 3.05) is 20.1 Å². The van der Waals surface area contributed by atoms with E-state index in [9.17, 15) is 4.79 Å². The van der Waals surface area contributed by atoms with Crippen LogP contribution in [0.1, 0.15) is 22.2 Å². The van der Waals surface area contributed by atoms with Crippen molar-refractivity contribution in [1.82, 2.24) is 9.91 Å². The fourth-order valence-electron chi connectivity index (χ4n) is 2.51. The van der Waals surface area contributed by atoms with Crippen molar-refractivity contribution >= 4 is 34.3 Å². The van der Waals surface area contributed by atoms with Crippen molar-refractivity contribution in [3.8, 4) is 6.07 Å². The molecule has 118 valence electrons. The van der Waals surface area contributed by atoms with Crippen molar-refractivity contribution in [1.29, 1.82) is 5.26 Å². The maximum atomic E-state index is 12.6. The van der Waals surface area contributed by atoms with Crippen LogP contribution >= 0.6 is 22.7 Å². The van der Waals surface area contributed by atoms with Crippen LogP contribution in [0.25, 0.3) is 0 Å². The van der Waals surface area contributed by atoms with E-state index in [1.54, 1.807) is 39.6 Å². The van der Waals surface area contributed by atoms with E-state index in [1.807, 2.05) is 35.0 Å². The van der Waals surface area contributed by atoms with Gasteiger partial charge in [0.05, 0.1) is 35.8 Å². The van der Waals surface area contributed by atoms with Gasteiger partial charge in [-0.15, -0.1) is 22.7 Å². The average Bonchev–Trinajstić information content (AvgIpc) is 3.27. The molecule has 1 amide bonds. The second-order valence-electron chi connectivity index (χ2n) is 5.33. The van der Waals surface area contributed by atoms with Crippen LogP contribution in [0.5, 0.6) is 0 Å². The summed E-state index contributed by atoms with van der Waals surface area (Å²) in [5.41, 5.74) is 0.953. The van der Waals surface area contributed by atoms with E-state index < -0.39 is 0 Å². The number of hydrazone groups is 1. The highest BCUT2D eigenvalue weighted by molar-refractivity contribution is 7.12. The predicted molar refractivity (Wildman–Crippen MR) is 92.5 cm³/mol. The zero-order chi connectivity index (χ0) is 16.2. The molecule has 0 radical (unpaired) electrons. The first kappa shape index (κ1) is 15.9. The van der Waals surface area contributed by atoms with Crippen molar-refractivity contribution in [3.63, 3.8) is 0 Å². The van der Waals surface area contributed by atoms with Crippen LogP contribution in [-0.4, -0.2) is 41.7 Å². The van der Waals surface area contributed by atoms with Gasteiger partial charge in [0.15, 0.2) is 0 Å². The third-order valence-electron chi connectivity index (χ3n) is 3.59. The van der Waals surface area contributed by atoms with E-state index in [-0.39, 0.29) is 25.0 Å². The quantitative estimate of drug-likeness (QED) is 0.784. The maximum absolute atomic E-state index is 12.6. The van der Waals surface area contributed by atoms with Gasteiger partial charge in [-0.1, -0.05) is 12.1 Å². The molecular formula is C16H16N4OS2. The SMILES string of the molecule is CN(CC#N)CC(=O)N1N=C(c2cccs2)CC1c1cccs1. The number of amides is 1. The molecule has 0 fully saturated rings. The first-order chi connectivity index (χ1) is 11.2. The molecule has 0 aromatic carbocycles. The Morgan fingerprint density at radius 2 is 2.22 bits per heavy atom. The molecule has 23 heavy (non-hydrogen) atoms. The number of hydrogen-bond acceptors (Lipinski definition) is 6. The average molecular weight is 344 g/mol. The molecule has 5 nitrogen and oxygen atoms in total. The number of thiophene rings is 2. The molecule has 2 aromatic heterocycles. The lowest BCUT2D eigenvalue weighted by Crippen LogP contribution is -2.36. The smallest absolute Gasteiger partial charge is 0.257 e. The molecule has 0 aliphatic carbocycles. The van der Waals surface area contributed by atoms with Gasteiger partial charge in [-0.2, -0.15) is 10.4 Å². The molecule has 1 unspecified atom stereocenters. The minimum atomic E-state index is -0.0762. The Balaban J connectivity index is 1.83. The minimum absolute atomic E-state index is 0.0462. The molecule has 0 N–H and O–H groups in total. The number of nitrogens with zero attached hydrogens (tertiary/aromatic N) is 4. The van der Waals surface area contributed by atoms with Gasteiger partial charge in [0.1, 0.15) is 0 Å². The monoisotopic (exact) mass is 344 g/mol. The van der Waals surface area contributed by atoms with E-state index in [0.717, 1.165) is 21.9 Å². The van der Waals surface area contributed by atoms with E-state index in [2.05, 4.69) is 11.2 Å². The number of rotatable bonds is 5. The standard InChI is InChI=1S/C16H16N4OS2/c1-19(7-6-17)11-16(21)20-13(15-5-3-9-23-15)10-12(18-20)14-4-2-8-22-14/h2-5,8-9,13H,7,10-11H2,1H3. The summed E-state index contributed by atoms with van der Waals surface area (Å²) in [6, 6.07) is 10.1. The van der Waals surface area contributed by atoms with Gasteiger partial charge in [0.25, 0.3) is 5.91 Å². The van der Waals surface area contributed by atoms with Gasteiger partial charge < -0.3 is 0 Å². The first-order valence-corrected chi connectivity index (χ1v) is 8.97. The van der Waals surface area contributed by atoms with Gasteiger partial charge in [0.2, 0.25) is 0 Å². The summed E-state index contributed by atoms with van der Waals surface area (Å²) >= 11 is 3.28. The molecule has 0 bridgehead atoms. The fourth-order valence-corrected chi connectivity index (χ4v) is 4.05. The Morgan fingerprint density at radius 3 is 2.87 bits per heavy atom. The number of likely N-dealkylation sites (N-methyl/N-ethyl adjacent to an activating group) is 1. The molecule has 2 aromatic rings.